The first-order valence-corrected chi connectivity index (χ1v) is 9.15. The molecule has 0 atom stereocenters. The third-order valence-electron chi connectivity index (χ3n) is 3.91. The molecule has 0 unspecified atom stereocenters. The maximum absolute atomic E-state index is 13.0. The molecular weight excluding hydrogens is 363 g/mol. The SMILES string of the molecule is O=C(Cc1cnn(-c2ccccc2)c1)Nc1nc(-c2ccc(F)cc2)cs1. The normalized spacial score (nSPS) is 10.7. The maximum atomic E-state index is 13.0. The molecule has 0 bridgehead atoms. The fourth-order valence-corrected chi connectivity index (χ4v) is 3.34. The molecule has 4 rings (SSSR count). The van der Waals surface area contributed by atoms with E-state index in [-0.39, 0.29) is 18.1 Å². The quantitative estimate of drug-likeness (QED) is 0.563. The first-order valence-electron chi connectivity index (χ1n) is 8.28. The van der Waals surface area contributed by atoms with Crippen molar-refractivity contribution in [2.45, 2.75) is 6.42 Å². The minimum absolute atomic E-state index is 0.164. The van der Waals surface area contributed by atoms with Crippen LogP contribution < -0.4 is 5.32 Å². The molecule has 2 aromatic carbocycles. The summed E-state index contributed by atoms with van der Waals surface area (Å²) in [7, 11) is 0. The van der Waals surface area contributed by atoms with Crippen molar-refractivity contribution in [2.75, 3.05) is 5.32 Å². The van der Waals surface area contributed by atoms with Crippen LogP contribution in [0.4, 0.5) is 9.52 Å². The minimum atomic E-state index is -0.293. The Morgan fingerprint density at radius 1 is 1.11 bits per heavy atom. The number of nitrogens with one attached hydrogen (secondary N) is 1. The Morgan fingerprint density at radius 3 is 2.67 bits per heavy atom. The molecule has 0 spiro atoms. The van der Waals surface area contributed by atoms with Crippen LogP contribution in [0, 0.1) is 5.82 Å². The van der Waals surface area contributed by atoms with E-state index in [0.29, 0.717) is 10.8 Å². The molecule has 4 aromatic rings. The number of thiazole rings is 1. The summed E-state index contributed by atoms with van der Waals surface area (Å²) < 4.78 is 14.7. The van der Waals surface area contributed by atoms with Crippen LogP contribution in [0.2, 0.25) is 0 Å². The van der Waals surface area contributed by atoms with Crippen LogP contribution in [0.5, 0.6) is 0 Å². The monoisotopic (exact) mass is 378 g/mol. The van der Waals surface area contributed by atoms with Gasteiger partial charge in [0.25, 0.3) is 0 Å². The van der Waals surface area contributed by atoms with Crippen LogP contribution in [0.15, 0.2) is 72.4 Å². The number of anilines is 1. The fourth-order valence-electron chi connectivity index (χ4n) is 2.61. The number of hydrogen-bond acceptors (Lipinski definition) is 4. The molecule has 134 valence electrons. The van der Waals surface area contributed by atoms with Gasteiger partial charge in [-0.1, -0.05) is 18.2 Å². The third-order valence-corrected chi connectivity index (χ3v) is 4.67. The number of halogens is 1. The van der Waals surface area contributed by atoms with Crippen molar-refractivity contribution in [3.05, 3.63) is 83.8 Å². The van der Waals surface area contributed by atoms with Crippen LogP contribution >= 0.6 is 11.3 Å². The minimum Gasteiger partial charge on any atom is -0.302 e. The molecule has 1 amide bonds. The van der Waals surface area contributed by atoms with Gasteiger partial charge in [0.15, 0.2) is 5.13 Å². The number of rotatable bonds is 5. The Bertz CT molecular complexity index is 1060. The number of nitrogens with zero attached hydrogens (tertiary/aromatic N) is 3. The van der Waals surface area contributed by atoms with Crippen molar-refractivity contribution in [3.63, 3.8) is 0 Å². The Labute approximate surface area is 159 Å². The maximum Gasteiger partial charge on any atom is 0.230 e. The van der Waals surface area contributed by atoms with Crippen LogP contribution in [0.1, 0.15) is 5.56 Å². The van der Waals surface area contributed by atoms with Gasteiger partial charge in [-0.3, -0.25) is 4.79 Å². The van der Waals surface area contributed by atoms with Gasteiger partial charge in [0.05, 0.1) is 24.0 Å². The van der Waals surface area contributed by atoms with E-state index >= 15 is 0 Å². The second kappa shape index (κ2) is 7.51. The van der Waals surface area contributed by atoms with E-state index in [1.54, 1.807) is 23.0 Å². The molecule has 7 heteroatoms. The van der Waals surface area contributed by atoms with Gasteiger partial charge in [0.1, 0.15) is 5.82 Å². The van der Waals surface area contributed by atoms with Gasteiger partial charge in [0.2, 0.25) is 5.91 Å². The Morgan fingerprint density at radius 2 is 1.89 bits per heavy atom. The number of benzene rings is 2. The highest BCUT2D eigenvalue weighted by Crippen LogP contribution is 2.25. The summed E-state index contributed by atoms with van der Waals surface area (Å²) in [6.45, 7) is 0. The lowest BCUT2D eigenvalue weighted by atomic mass is 10.2. The van der Waals surface area contributed by atoms with Crippen LogP contribution in [0.3, 0.4) is 0 Å². The molecular formula is C20H15FN4OS. The van der Waals surface area contributed by atoms with E-state index in [1.165, 1.54) is 23.5 Å². The largest absolute Gasteiger partial charge is 0.302 e. The second-order valence-corrected chi connectivity index (χ2v) is 6.76. The summed E-state index contributed by atoms with van der Waals surface area (Å²) in [6, 6.07) is 15.8. The van der Waals surface area contributed by atoms with Gasteiger partial charge in [0, 0.05) is 17.1 Å². The first-order chi connectivity index (χ1) is 13.2. The molecule has 2 aromatic heterocycles. The van der Waals surface area contributed by atoms with Crippen molar-refractivity contribution in [2.24, 2.45) is 0 Å². The molecule has 0 fully saturated rings. The highest BCUT2D eigenvalue weighted by atomic mass is 32.1. The predicted octanol–water partition coefficient (Wildman–Crippen LogP) is 4.32. The molecule has 0 aliphatic rings. The number of carbonyl (C=O) groups excluding carboxylic acids is 1. The Balaban J connectivity index is 1.40. The van der Waals surface area contributed by atoms with Gasteiger partial charge in [-0.2, -0.15) is 5.10 Å². The average Bonchev–Trinajstić information content (AvgIpc) is 3.33. The van der Waals surface area contributed by atoms with E-state index in [4.69, 9.17) is 0 Å². The van der Waals surface area contributed by atoms with Crippen LogP contribution in [0.25, 0.3) is 16.9 Å². The average molecular weight is 378 g/mol. The topological polar surface area (TPSA) is 59.8 Å². The van der Waals surface area contributed by atoms with Crippen molar-refractivity contribution in [1.82, 2.24) is 14.8 Å². The summed E-state index contributed by atoms with van der Waals surface area (Å²) in [5.74, 6) is -0.457. The zero-order valence-corrected chi connectivity index (χ0v) is 15.0. The molecule has 0 saturated heterocycles. The molecule has 1 N–H and O–H groups in total. The molecule has 0 saturated carbocycles. The zero-order valence-electron chi connectivity index (χ0n) is 14.2. The Hall–Kier alpha value is -3.32. The third kappa shape index (κ3) is 4.09. The zero-order chi connectivity index (χ0) is 18.6. The van der Waals surface area contributed by atoms with E-state index in [0.717, 1.165) is 16.8 Å². The van der Waals surface area contributed by atoms with Gasteiger partial charge in [-0.15, -0.1) is 11.3 Å². The lowest BCUT2D eigenvalue weighted by Gasteiger charge is -2.01. The predicted molar refractivity (Wildman–Crippen MR) is 103 cm³/mol. The molecule has 5 nitrogen and oxygen atoms in total. The number of amides is 1. The van der Waals surface area contributed by atoms with Crippen LogP contribution in [-0.2, 0) is 11.2 Å². The lowest BCUT2D eigenvalue weighted by Crippen LogP contribution is -2.13. The second-order valence-electron chi connectivity index (χ2n) is 5.90. The van der Waals surface area contributed by atoms with Crippen LogP contribution in [-0.4, -0.2) is 20.7 Å². The highest BCUT2D eigenvalue weighted by Gasteiger charge is 2.10. The number of aromatic nitrogens is 3. The van der Waals surface area contributed by atoms with E-state index in [1.807, 2.05) is 41.9 Å². The smallest absolute Gasteiger partial charge is 0.230 e. The lowest BCUT2D eigenvalue weighted by molar-refractivity contribution is -0.115. The van der Waals surface area contributed by atoms with E-state index < -0.39 is 0 Å². The van der Waals surface area contributed by atoms with Gasteiger partial charge >= 0.3 is 0 Å². The summed E-state index contributed by atoms with van der Waals surface area (Å²) in [6.07, 6.45) is 3.72. The van der Waals surface area contributed by atoms with E-state index in [2.05, 4.69) is 15.4 Å². The highest BCUT2D eigenvalue weighted by molar-refractivity contribution is 7.14. The standard InChI is InChI=1S/C20H15FN4OS/c21-16-8-6-15(7-9-16)18-13-27-20(23-18)24-19(26)10-14-11-22-25(12-14)17-4-2-1-3-5-17/h1-9,11-13H,10H2,(H,23,24,26). The Kier molecular flexibility index (Phi) is 4.76. The summed E-state index contributed by atoms with van der Waals surface area (Å²) in [5, 5.41) is 9.43. The van der Waals surface area contributed by atoms with Crippen molar-refractivity contribution >= 4 is 22.4 Å². The first kappa shape index (κ1) is 17.1. The molecule has 0 aliphatic heterocycles. The summed E-state index contributed by atoms with van der Waals surface area (Å²) in [5.41, 5.74) is 3.25. The number of carbonyl (C=O) groups is 1. The summed E-state index contributed by atoms with van der Waals surface area (Å²) in [4.78, 5) is 16.7. The van der Waals surface area contributed by atoms with Crippen molar-refractivity contribution in [1.29, 1.82) is 0 Å². The van der Waals surface area contributed by atoms with Gasteiger partial charge in [-0.25, -0.2) is 14.1 Å². The molecule has 0 radical (unpaired) electrons. The van der Waals surface area contributed by atoms with E-state index in [9.17, 15) is 9.18 Å². The van der Waals surface area contributed by atoms with Crippen molar-refractivity contribution < 1.29 is 9.18 Å². The molecule has 27 heavy (non-hydrogen) atoms. The molecule has 2 heterocycles. The summed E-state index contributed by atoms with van der Waals surface area (Å²) >= 11 is 1.33. The van der Waals surface area contributed by atoms with Gasteiger partial charge < -0.3 is 5.32 Å². The number of para-hydroxylation sites is 1. The fraction of sp³-hybridized carbons (Fsp3) is 0.0500. The van der Waals surface area contributed by atoms with Crippen molar-refractivity contribution in [3.8, 4) is 16.9 Å². The van der Waals surface area contributed by atoms with Gasteiger partial charge in [-0.05, 0) is 42.0 Å². The molecule has 0 aliphatic carbocycles. The number of hydrogen-bond donors (Lipinski definition) is 1.